The minimum Gasteiger partial charge on any atom is -0.490 e. The van der Waals surface area contributed by atoms with Gasteiger partial charge in [-0.05, 0) is 36.3 Å². The topological polar surface area (TPSA) is 110 Å². The normalized spacial score (nSPS) is 21.9. The molecule has 1 N–H and O–H groups in total. The molecule has 3 rings (SSSR count). The molecule has 8 nitrogen and oxygen atoms in total. The second-order valence-corrected chi connectivity index (χ2v) is 7.99. The van der Waals surface area contributed by atoms with E-state index in [1.165, 1.54) is 24.9 Å². The molecule has 1 aliphatic heterocycles. The predicted octanol–water partition coefficient (Wildman–Crippen LogP) is 2.41. The molecule has 0 spiro atoms. The van der Waals surface area contributed by atoms with Gasteiger partial charge in [0.15, 0.2) is 5.75 Å². The van der Waals surface area contributed by atoms with E-state index in [-0.39, 0.29) is 35.6 Å². The van der Waals surface area contributed by atoms with Gasteiger partial charge in [-0.25, -0.2) is 0 Å². The number of methoxy groups -OCH3 is 1. The van der Waals surface area contributed by atoms with E-state index in [1.54, 1.807) is 17.0 Å². The predicted molar refractivity (Wildman–Crippen MR) is 99.7 cm³/mol. The summed E-state index contributed by atoms with van der Waals surface area (Å²) in [4.78, 5) is 36.1. The number of carbonyl (C=O) groups is 2. The van der Waals surface area contributed by atoms with Crippen LogP contribution >= 0.6 is 11.8 Å². The van der Waals surface area contributed by atoms with Crippen molar-refractivity contribution >= 4 is 29.3 Å². The molecular weight excluding hydrogens is 372 g/mol. The van der Waals surface area contributed by atoms with E-state index in [1.807, 2.05) is 0 Å². The summed E-state index contributed by atoms with van der Waals surface area (Å²) in [5, 5.41) is 20.5. The zero-order valence-electron chi connectivity index (χ0n) is 15.0. The molecule has 1 saturated carbocycles. The number of nitro benzene ring substituents is 1. The summed E-state index contributed by atoms with van der Waals surface area (Å²) in [6.07, 6.45) is 2.11. The highest BCUT2D eigenvalue weighted by atomic mass is 32.2. The third-order valence-electron chi connectivity index (χ3n) is 5.20. The number of rotatable bonds is 8. The molecule has 27 heavy (non-hydrogen) atoms. The number of ether oxygens (including phenoxy) is 1. The van der Waals surface area contributed by atoms with Gasteiger partial charge in [-0.15, -0.1) is 11.8 Å². The summed E-state index contributed by atoms with van der Waals surface area (Å²) in [6.45, 7) is 0.804. The molecule has 1 aromatic carbocycles. The van der Waals surface area contributed by atoms with E-state index in [0.717, 1.165) is 18.4 Å². The maximum Gasteiger partial charge on any atom is 0.311 e. The van der Waals surface area contributed by atoms with E-state index < -0.39 is 16.8 Å². The molecule has 1 amide bonds. The fourth-order valence-corrected chi connectivity index (χ4v) is 4.49. The molecule has 0 aromatic heterocycles. The van der Waals surface area contributed by atoms with Crippen molar-refractivity contribution in [3.8, 4) is 5.75 Å². The number of aliphatic carboxylic acids is 1. The van der Waals surface area contributed by atoms with Gasteiger partial charge in [0, 0.05) is 24.9 Å². The minimum absolute atomic E-state index is 0.0701. The Hall–Kier alpha value is -2.29. The Kier molecular flexibility index (Phi) is 5.88. The first-order valence-electron chi connectivity index (χ1n) is 8.80. The Morgan fingerprint density at radius 3 is 2.70 bits per heavy atom. The average Bonchev–Trinajstić information content (AvgIpc) is 3.39. The number of hydrogen-bond acceptors (Lipinski definition) is 6. The zero-order valence-corrected chi connectivity index (χ0v) is 15.8. The van der Waals surface area contributed by atoms with E-state index in [0.29, 0.717) is 18.2 Å². The summed E-state index contributed by atoms with van der Waals surface area (Å²) in [7, 11) is 1.38. The first kappa shape index (κ1) is 19.5. The van der Waals surface area contributed by atoms with Crippen molar-refractivity contribution in [3.63, 3.8) is 0 Å². The van der Waals surface area contributed by atoms with E-state index in [4.69, 9.17) is 4.74 Å². The molecule has 1 aliphatic carbocycles. The third-order valence-corrected chi connectivity index (χ3v) is 6.19. The van der Waals surface area contributed by atoms with Crippen LogP contribution in [-0.4, -0.2) is 52.8 Å². The number of amides is 1. The molecular formula is C18H22N2O6S. The maximum absolute atomic E-state index is 12.5. The molecule has 0 radical (unpaired) electrons. The molecule has 1 heterocycles. The number of benzene rings is 1. The van der Waals surface area contributed by atoms with Crippen molar-refractivity contribution in [2.24, 2.45) is 17.8 Å². The highest BCUT2D eigenvalue weighted by Crippen LogP contribution is 2.44. The van der Waals surface area contributed by atoms with E-state index >= 15 is 0 Å². The molecule has 0 bridgehead atoms. The van der Waals surface area contributed by atoms with Gasteiger partial charge in [0.25, 0.3) is 0 Å². The molecule has 2 aliphatic rings. The monoisotopic (exact) mass is 394 g/mol. The summed E-state index contributed by atoms with van der Waals surface area (Å²) in [5.74, 6) is 0.0425. The van der Waals surface area contributed by atoms with Crippen LogP contribution in [0.5, 0.6) is 5.75 Å². The third kappa shape index (κ3) is 4.52. The van der Waals surface area contributed by atoms with Crippen molar-refractivity contribution < 1.29 is 24.4 Å². The molecule has 0 unspecified atom stereocenters. The smallest absolute Gasteiger partial charge is 0.311 e. The zero-order chi connectivity index (χ0) is 19.6. The van der Waals surface area contributed by atoms with E-state index in [9.17, 15) is 24.8 Å². The highest BCUT2D eigenvalue weighted by molar-refractivity contribution is 7.99. The number of hydrogen-bond donors (Lipinski definition) is 1. The van der Waals surface area contributed by atoms with Gasteiger partial charge in [-0.3, -0.25) is 19.7 Å². The number of nitrogens with zero attached hydrogens (tertiary/aromatic N) is 2. The van der Waals surface area contributed by atoms with Gasteiger partial charge >= 0.3 is 11.7 Å². The molecule has 2 fully saturated rings. The standard InChI is InChI=1S/C18H22N2O6S/c1-26-16-5-2-11(6-15(16)20(24)25)9-27-10-17(21)19-7-13(12-3-4-12)14(8-19)18(22)23/h2,5-6,12-14H,3-4,7-10H2,1H3,(H,22,23)/t13-,14+/m1/s1. The van der Waals surface area contributed by atoms with Crippen molar-refractivity contribution in [1.82, 2.24) is 4.90 Å². The Labute approximate surface area is 161 Å². The second kappa shape index (κ2) is 8.16. The Morgan fingerprint density at radius 2 is 2.11 bits per heavy atom. The molecule has 2 atom stereocenters. The van der Waals surface area contributed by atoms with Crippen LogP contribution in [0.2, 0.25) is 0 Å². The number of thioether (sulfide) groups is 1. The first-order chi connectivity index (χ1) is 12.9. The molecule has 146 valence electrons. The van der Waals surface area contributed by atoms with Gasteiger partial charge in [-0.2, -0.15) is 0 Å². The lowest BCUT2D eigenvalue weighted by Crippen LogP contribution is -2.31. The van der Waals surface area contributed by atoms with Crippen LogP contribution in [0, 0.1) is 27.9 Å². The molecule has 1 saturated heterocycles. The van der Waals surface area contributed by atoms with Crippen LogP contribution in [0.4, 0.5) is 5.69 Å². The van der Waals surface area contributed by atoms with Crippen molar-refractivity contribution in [3.05, 3.63) is 33.9 Å². The quantitative estimate of drug-likeness (QED) is 0.532. The van der Waals surface area contributed by atoms with Gasteiger partial charge < -0.3 is 14.7 Å². The van der Waals surface area contributed by atoms with Crippen LogP contribution in [-0.2, 0) is 15.3 Å². The van der Waals surface area contributed by atoms with Gasteiger partial charge in [0.05, 0.1) is 23.7 Å². The maximum atomic E-state index is 12.5. The fourth-order valence-electron chi connectivity index (χ4n) is 3.61. The minimum atomic E-state index is -0.819. The largest absolute Gasteiger partial charge is 0.490 e. The van der Waals surface area contributed by atoms with Crippen LogP contribution in [0.1, 0.15) is 18.4 Å². The molecule has 9 heteroatoms. The van der Waals surface area contributed by atoms with Gasteiger partial charge in [0.2, 0.25) is 5.91 Å². The average molecular weight is 394 g/mol. The molecule has 1 aromatic rings. The Morgan fingerprint density at radius 1 is 1.37 bits per heavy atom. The SMILES string of the molecule is COc1ccc(CSCC(=O)N2C[C@H](C(=O)O)[C@@H](C3CC3)C2)cc1[N+](=O)[O-]. The highest BCUT2D eigenvalue weighted by Gasteiger charge is 2.46. The summed E-state index contributed by atoms with van der Waals surface area (Å²) in [5.41, 5.74) is 0.638. The lowest BCUT2D eigenvalue weighted by atomic mass is 9.92. The lowest BCUT2D eigenvalue weighted by Gasteiger charge is -2.16. The van der Waals surface area contributed by atoms with Crippen LogP contribution < -0.4 is 4.74 Å². The van der Waals surface area contributed by atoms with E-state index in [2.05, 4.69) is 0 Å². The number of nitro groups is 1. The lowest BCUT2D eigenvalue weighted by molar-refractivity contribution is -0.385. The van der Waals surface area contributed by atoms with Gasteiger partial charge in [0.1, 0.15) is 0 Å². The number of likely N-dealkylation sites (tertiary alicyclic amines) is 1. The van der Waals surface area contributed by atoms with Crippen molar-refractivity contribution in [2.45, 2.75) is 18.6 Å². The summed E-state index contributed by atoms with van der Waals surface area (Å²) in [6, 6.07) is 4.74. The Balaban J connectivity index is 1.53. The summed E-state index contributed by atoms with van der Waals surface area (Å²) >= 11 is 1.37. The number of carboxylic acids is 1. The summed E-state index contributed by atoms with van der Waals surface area (Å²) < 4.78 is 4.98. The first-order valence-corrected chi connectivity index (χ1v) is 9.95. The Bertz CT molecular complexity index is 751. The van der Waals surface area contributed by atoms with Crippen LogP contribution in [0.15, 0.2) is 18.2 Å². The number of carboxylic acid groups (broad SMARTS) is 1. The fraction of sp³-hybridized carbons (Fsp3) is 0.556. The van der Waals surface area contributed by atoms with Crippen molar-refractivity contribution in [2.75, 3.05) is 26.0 Å². The number of carbonyl (C=O) groups excluding carboxylic acids is 1. The van der Waals surface area contributed by atoms with Crippen LogP contribution in [0.25, 0.3) is 0 Å². The van der Waals surface area contributed by atoms with Crippen molar-refractivity contribution in [1.29, 1.82) is 0 Å². The van der Waals surface area contributed by atoms with Crippen LogP contribution in [0.3, 0.4) is 0 Å². The second-order valence-electron chi connectivity index (χ2n) is 7.00. The van der Waals surface area contributed by atoms with Gasteiger partial charge in [-0.1, -0.05) is 6.07 Å².